The van der Waals surface area contributed by atoms with Crippen molar-refractivity contribution in [2.75, 3.05) is 0 Å². The molecular formula is C100H152O8. The number of carbonyl (C=O) groups is 8. The van der Waals surface area contributed by atoms with Gasteiger partial charge in [0.15, 0.2) is 46.3 Å². The molecule has 0 atom stereocenters. The first-order valence-corrected chi connectivity index (χ1v) is 40.8. The minimum atomic E-state index is 0.112. The molecule has 0 bridgehead atoms. The van der Waals surface area contributed by atoms with Gasteiger partial charge in [-0.05, 0) is 316 Å². The Balaban J connectivity index is 0.000000617. The predicted molar refractivity (Wildman–Crippen MR) is 463 cm³/mol. The second-order valence-electron chi connectivity index (χ2n) is 38.8. The number of Topliss-reactive ketones (excluding diaryl/α,β-unsaturated/α-hetero) is 8. The fourth-order valence-corrected chi connectivity index (χ4v) is 13.9. The average molecular weight is 1480 g/mol. The van der Waals surface area contributed by atoms with E-state index in [2.05, 4.69) is 215 Å². The van der Waals surface area contributed by atoms with E-state index in [0.717, 1.165) is 218 Å². The Morgan fingerprint density at radius 2 is 0.231 bits per heavy atom. The van der Waals surface area contributed by atoms with Crippen molar-refractivity contribution in [3.63, 3.8) is 0 Å². The van der Waals surface area contributed by atoms with Gasteiger partial charge >= 0.3 is 0 Å². The highest BCUT2D eigenvalue weighted by Crippen LogP contribution is 2.37. The molecule has 8 nitrogen and oxygen atoms in total. The molecule has 8 aliphatic carbocycles. The highest BCUT2D eigenvalue weighted by molar-refractivity contribution is 6.13. The predicted octanol–water partition coefficient (Wildman–Crippen LogP) is 27.7. The highest BCUT2D eigenvalue weighted by atomic mass is 16.2. The molecule has 8 aliphatic rings. The van der Waals surface area contributed by atoms with Gasteiger partial charge in [0, 0.05) is 0 Å². The van der Waals surface area contributed by atoms with Crippen molar-refractivity contribution in [3.05, 3.63) is 186 Å². The molecule has 0 aromatic heterocycles. The molecule has 8 saturated carbocycles. The van der Waals surface area contributed by atoms with Crippen molar-refractivity contribution in [1.29, 1.82) is 0 Å². The Kier molecular flexibility index (Phi) is 40.7. The largest absolute Gasteiger partial charge is 0.289 e. The zero-order valence-corrected chi connectivity index (χ0v) is 74.6. The van der Waals surface area contributed by atoms with Crippen molar-refractivity contribution in [2.45, 2.75) is 350 Å². The molecule has 0 N–H and O–H groups in total. The Bertz CT molecular complexity index is 3220. The van der Waals surface area contributed by atoms with Gasteiger partial charge < -0.3 is 0 Å². The first-order valence-electron chi connectivity index (χ1n) is 40.8. The maximum Gasteiger partial charge on any atom is 0.184 e. The van der Waals surface area contributed by atoms with Crippen molar-refractivity contribution in [3.8, 4) is 0 Å². The van der Waals surface area contributed by atoms with Crippen LogP contribution in [0.25, 0.3) is 0 Å². The Morgan fingerprint density at radius 3 is 0.324 bits per heavy atom. The van der Waals surface area contributed by atoms with Gasteiger partial charge in [-0.3, -0.25) is 38.4 Å². The lowest BCUT2D eigenvalue weighted by atomic mass is 9.84. The quantitative estimate of drug-likeness (QED) is 0.219. The number of hydrogen-bond donors (Lipinski definition) is 0. The molecule has 0 saturated heterocycles. The third kappa shape index (κ3) is 38.7. The maximum atomic E-state index is 11.9. The van der Waals surface area contributed by atoms with Gasteiger partial charge in [-0.15, -0.1) is 0 Å². The monoisotopic (exact) mass is 1480 g/mol. The van der Waals surface area contributed by atoms with Crippen LogP contribution >= 0.6 is 0 Å². The van der Waals surface area contributed by atoms with Crippen LogP contribution in [-0.2, 0) is 38.4 Å². The number of carbonyl (C=O) groups excluding carboxylic acids is 8. The Labute approximate surface area is 660 Å². The van der Waals surface area contributed by atoms with Crippen LogP contribution in [0.4, 0.5) is 0 Å². The van der Waals surface area contributed by atoms with Gasteiger partial charge in [0.1, 0.15) is 0 Å². The van der Waals surface area contributed by atoms with E-state index < -0.39 is 0 Å². The van der Waals surface area contributed by atoms with E-state index in [0.29, 0.717) is 0 Å². The summed E-state index contributed by atoms with van der Waals surface area (Å²) in [5, 5.41) is 0. The van der Waals surface area contributed by atoms with E-state index in [1.54, 1.807) is 0 Å². The van der Waals surface area contributed by atoms with Crippen LogP contribution in [-0.4, -0.2) is 46.3 Å². The summed E-state index contributed by atoms with van der Waals surface area (Å²) in [4.78, 5) is 94.3. The van der Waals surface area contributed by atoms with Crippen molar-refractivity contribution >= 4 is 46.3 Å². The average Bonchev–Trinajstić information content (AvgIpc) is 1.64. The van der Waals surface area contributed by atoms with Gasteiger partial charge in [0.25, 0.3) is 0 Å². The molecule has 0 heterocycles. The molecule has 0 amide bonds. The van der Waals surface area contributed by atoms with E-state index in [1.807, 2.05) is 104 Å². The SMILES string of the molecule is C/C=C1/CC/C(=C/C(C)(C)C)C1=O.C/C=C1/CC/C(=C\C(C)(C)C)C1=O.C/C=C1/CCC/C(=C/C(C)(C)C)C1=O.C/C=C1/CCC/C(=C\C(C)(C)C)C1=O.C/C=C1\CC/C(=C/C(C)(C)C)C1=O.C/C=C1\CC/C(=C\C(C)(C)C)C1=O.C/C=C1\CCC/C(=C/C(C)(C)C)C1=O.C/C=C1\CCC/C(=C\C(C)(C)C)C1=O. The molecule has 0 spiro atoms. The Morgan fingerprint density at radius 1 is 0.148 bits per heavy atom. The topological polar surface area (TPSA) is 137 Å². The standard InChI is InChI=1S/4C13H20O.4C12H18O/c4*1-5-10-7-6-8-11(12(10)14)9-13(2,3)4;4*1-5-9-6-7-10(11(9)13)8-12(2,3)4/h4*5,9H,6-8H2,1-4H3;4*5,8H,6-7H2,1-4H3/b10-5+,11-9+;10-5+,11-9-;10-5-,11-9+;10-5-,11-9-;9-5+,10-8+;9-5+,10-8-;9-5-,10-8+;9-5-,10-8-. The molecule has 8 rings (SSSR count). The molecule has 108 heavy (non-hydrogen) atoms. The lowest BCUT2D eigenvalue weighted by Crippen LogP contribution is -2.15. The maximum absolute atomic E-state index is 11.9. The number of rotatable bonds is 0. The summed E-state index contributed by atoms with van der Waals surface area (Å²) in [6.45, 7) is 66.7. The first-order chi connectivity index (χ1) is 49.5. The molecule has 0 aromatic carbocycles. The summed E-state index contributed by atoms with van der Waals surface area (Å²) in [6, 6.07) is 0. The van der Waals surface area contributed by atoms with Gasteiger partial charge in [-0.2, -0.15) is 0 Å². The van der Waals surface area contributed by atoms with Crippen LogP contribution in [0.5, 0.6) is 0 Å². The lowest BCUT2D eigenvalue weighted by molar-refractivity contribution is -0.113. The first kappa shape index (κ1) is 99.2. The third-order valence-corrected chi connectivity index (χ3v) is 18.5. The summed E-state index contributed by atoms with van der Waals surface area (Å²) < 4.78 is 0. The Hall–Kier alpha value is -6.80. The molecule has 0 aliphatic heterocycles. The summed E-state index contributed by atoms with van der Waals surface area (Å²) >= 11 is 0. The van der Waals surface area contributed by atoms with E-state index >= 15 is 0 Å². The third-order valence-electron chi connectivity index (χ3n) is 18.5. The lowest BCUT2D eigenvalue weighted by Gasteiger charge is -2.20. The summed E-state index contributed by atoms with van der Waals surface area (Å²) in [5.74, 6) is 2.13. The van der Waals surface area contributed by atoms with Crippen molar-refractivity contribution < 1.29 is 38.4 Å². The normalized spacial score (nSPS) is 24.7. The minimum absolute atomic E-state index is 0.112. The zero-order chi connectivity index (χ0) is 83.3. The fraction of sp³-hybridized carbons (Fsp3) is 0.600. The molecule has 8 heteroatoms. The summed E-state index contributed by atoms with van der Waals surface area (Å²) in [7, 11) is 0. The summed E-state index contributed by atoms with van der Waals surface area (Å²) in [5.41, 5.74) is 16.9. The molecular weight excluding hydrogens is 1330 g/mol. The van der Waals surface area contributed by atoms with E-state index in [-0.39, 0.29) is 89.6 Å². The van der Waals surface area contributed by atoms with Crippen LogP contribution in [0.3, 0.4) is 0 Å². The smallest absolute Gasteiger partial charge is 0.184 e. The fourth-order valence-electron chi connectivity index (χ4n) is 13.9. The highest BCUT2D eigenvalue weighted by Gasteiger charge is 2.30. The van der Waals surface area contributed by atoms with Crippen molar-refractivity contribution in [2.24, 2.45) is 43.3 Å². The number of ketones is 8. The second-order valence-corrected chi connectivity index (χ2v) is 38.8. The van der Waals surface area contributed by atoms with Crippen molar-refractivity contribution in [1.82, 2.24) is 0 Å². The van der Waals surface area contributed by atoms with E-state index in [1.165, 1.54) is 0 Å². The number of hydrogen-bond acceptors (Lipinski definition) is 8. The summed E-state index contributed by atoms with van der Waals surface area (Å²) in [6.07, 6.45) is 52.0. The van der Waals surface area contributed by atoms with Crippen LogP contribution in [0.1, 0.15) is 350 Å². The molecule has 0 aromatic rings. The van der Waals surface area contributed by atoms with E-state index in [9.17, 15) is 38.4 Å². The second kappa shape index (κ2) is 44.3. The molecule has 600 valence electrons. The van der Waals surface area contributed by atoms with Gasteiger partial charge in [0.05, 0.1) is 0 Å². The molecule has 0 unspecified atom stereocenters. The van der Waals surface area contributed by atoms with Gasteiger partial charge in [-0.25, -0.2) is 0 Å². The minimum Gasteiger partial charge on any atom is -0.289 e. The van der Waals surface area contributed by atoms with Gasteiger partial charge in [-0.1, -0.05) is 263 Å². The molecule has 8 fully saturated rings. The van der Waals surface area contributed by atoms with Gasteiger partial charge in [0.2, 0.25) is 0 Å². The van der Waals surface area contributed by atoms with E-state index in [4.69, 9.17) is 0 Å². The van der Waals surface area contributed by atoms with Crippen LogP contribution in [0.15, 0.2) is 186 Å². The van der Waals surface area contributed by atoms with Crippen LogP contribution in [0.2, 0.25) is 0 Å². The van der Waals surface area contributed by atoms with Crippen LogP contribution < -0.4 is 0 Å². The zero-order valence-electron chi connectivity index (χ0n) is 74.6. The molecule has 0 radical (unpaired) electrons. The number of allylic oxidation sites excluding steroid dienone is 32. The van der Waals surface area contributed by atoms with Crippen LogP contribution in [0, 0.1) is 43.3 Å².